The van der Waals surface area contributed by atoms with Crippen molar-refractivity contribution in [2.24, 2.45) is 5.73 Å². The van der Waals surface area contributed by atoms with E-state index in [9.17, 15) is 29.1 Å². The van der Waals surface area contributed by atoms with Crippen molar-refractivity contribution in [1.29, 1.82) is 0 Å². The van der Waals surface area contributed by atoms with Gasteiger partial charge in [-0.25, -0.2) is 4.79 Å². The fourth-order valence-corrected chi connectivity index (χ4v) is 5.23. The third kappa shape index (κ3) is 7.52. The second-order valence-corrected chi connectivity index (χ2v) is 10.4. The molecule has 4 atom stereocenters. The molecule has 0 bridgehead atoms. The van der Waals surface area contributed by atoms with Crippen LogP contribution in [0.25, 0.3) is 10.9 Å². The van der Waals surface area contributed by atoms with Crippen LogP contribution in [0.2, 0.25) is 0 Å². The summed E-state index contributed by atoms with van der Waals surface area (Å²) >= 11 is 0. The number of fused-ring (bicyclic) bond motifs is 1. The highest BCUT2D eigenvalue weighted by Crippen LogP contribution is 2.21. The van der Waals surface area contributed by atoms with E-state index in [0.717, 1.165) is 22.0 Å². The highest BCUT2D eigenvalue weighted by atomic mass is 16.4. The van der Waals surface area contributed by atoms with Crippen molar-refractivity contribution in [2.45, 2.75) is 62.7 Å². The zero-order valence-electron chi connectivity index (χ0n) is 23.0. The molecule has 1 aliphatic rings. The highest BCUT2D eigenvalue weighted by Gasteiger charge is 2.38. The van der Waals surface area contributed by atoms with Gasteiger partial charge in [0.15, 0.2) is 0 Å². The fourth-order valence-electron chi connectivity index (χ4n) is 5.23. The number of hydrogen-bond acceptors (Lipinski definition) is 6. The van der Waals surface area contributed by atoms with Gasteiger partial charge in [-0.1, -0.05) is 48.5 Å². The standard InChI is InChI=1S/C30H35N5O7/c31-21(12-13-26(36)37)27(38)33-23(16-19-17-32-22-10-5-4-9-20(19)22)28(39)34-24(15-18-7-2-1-3-8-18)29(40)35-14-6-11-25(35)30(41)42/h1-5,7-10,17,21,23-25,32H,6,11-16,31H2,(H,33,38)(H,34,39)(H,36,37)(H,41,42). The van der Waals surface area contributed by atoms with Gasteiger partial charge < -0.3 is 36.5 Å². The summed E-state index contributed by atoms with van der Waals surface area (Å²) in [5.74, 6) is -4.08. The van der Waals surface area contributed by atoms with Gasteiger partial charge in [-0.2, -0.15) is 0 Å². The summed E-state index contributed by atoms with van der Waals surface area (Å²) in [4.78, 5) is 67.6. The lowest BCUT2D eigenvalue weighted by molar-refractivity contribution is -0.149. The quantitative estimate of drug-likeness (QED) is 0.174. The smallest absolute Gasteiger partial charge is 0.326 e. The summed E-state index contributed by atoms with van der Waals surface area (Å²) in [7, 11) is 0. The molecule has 0 spiro atoms. The predicted octanol–water partition coefficient (Wildman–Crippen LogP) is 1.19. The van der Waals surface area contributed by atoms with E-state index in [1.165, 1.54) is 4.90 Å². The SMILES string of the molecule is NC(CCC(=O)O)C(=O)NC(Cc1c[nH]c2ccccc12)C(=O)NC(Cc1ccccc1)C(=O)N1CCCC1C(=O)O. The van der Waals surface area contributed by atoms with Gasteiger partial charge in [-0.15, -0.1) is 0 Å². The molecular weight excluding hydrogens is 542 g/mol. The number of nitrogens with one attached hydrogen (secondary N) is 3. The maximum absolute atomic E-state index is 13.8. The van der Waals surface area contributed by atoms with Crippen molar-refractivity contribution in [3.8, 4) is 0 Å². The van der Waals surface area contributed by atoms with Crippen molar-refractivity contribution >= 4 is 40.6 Å². The average Bonchev–Trinajstić information content (AvgIpc) is 3.63. The number of carbonyl (C=O) groups is 5. The molecule has 2 aromatic carbocycles. The van der Waals surface area contributed by atoms with E-state index < -0.39 is 53.8 Å². The minimum atomic E-state index is -1.16. The van der Waals surface area contributed by atoms with Crippen LogP contribution in [0.4, 0.5) is 0 Å². The number of aromatic nitrogens is 1. The minimum absolute atomic E-state index is 0.0565. The van der Waals surface area contributed by atoms with Gasteiger partial charge in [0.05, 0.1) is 6.04 Å². The van der Waals surface area contributed by atoms with Crippen molar-refractivity contribution in [3.63, 3.8) is 0 Å². The lowest BCUT2D eigenvalue weighted by Gasteiger charge is -2.29. The molecule has 0 aliphatic carbocycles. The fraction of sp³-hybridized carbons (Fsp3) is 0.367. The Bertz CT molecular complexity index is 1440. The van der Waals surface area contributed by atoms with Gasteiger partial charge in [-0.05, 0) is 36.5 Å². The zero-order valence-corrected chi connectivity index (χ0v) is 23.0. The third-order valence-electron chi connectivity index (χ3n) is 7.46. The summed E-state index contributed by atoms with van der Waals surface area (Å²) in [6.45, 7) is 0.255. The summed E-state index contributed by atoms with van der Waals surface area (Å²) in [6.07, 6.45) is 2.31. The molecule has 0 radical (unpaired) electrons. The van der Waals surface area contributed by atoms with Gasteiger partial charge in [0.2, 0.25) is 17.7 Å². The predicted molar refractivity (Wildman–Crippen MR) is 153 cm³/mol. The number of aliphatic carboxylic acids is 2. The Morgan fingerprint density at radius 1 is 0.929 bits per heavy atom. The normalized spacial score (nSPS) is 16.9. The van der Waals surface area contributed by atoms with E-state index in [1.54, 1.807) is 30.5 Å². The van der Waals surface area contributed by atoms with Crippen LogP contribution in [0.5, 0.6) is 0 Å². The Hall–Kier alpha value is -4.71. The Morgan fingerprint density at radius 3 is 2.33 bits per heavy atom. The number of nitrogens with two attached hydrogens (primary N) is 1. The molecule has 12 nitrogen and oxygen atoms in total. The average molecular weight is 578 g/mol. The lowest BCUT2D eigenvalue weighted by atomic mass is 10.0. The molecule has 2 heterocycles. The molecule has 1 fully saturated rings. The molecule has 42 heavy (non-hydrogen) atoms. The molecule has 7 N–H and O–H groups in total. The molecule has 1 aromatic heterocycles. The molecule has 1 aliphatic heterocycles. The first-order valence-corrected chi connectivity index (χ1v) is 13.8. The summed E-state index contributed by atoms with van der Waals surface area (Å²) < 4.78 is 0. The van der Waals surface area contributed by atoms with Crippen LogP contribution in [0, 0.1) is 0 Å². The van der Waals surface area contributed by atoms with Crippen LogP contribution in [0.15, 0.2) is 60.8 Å². The van der Waals surface area contributed by atoms with Crippen LogP contribution in [0.3, 0.4) is 0 Å². The largest absolute Gasteiger partial charge is 0.481 e. The third-order valence-corrected chi connectivity index (χ3v) is 7.46. The number of para-hydroxylation sites is 1. The number of aromatic amines is 1. The Morgan fingerprint density at radius 2 is 1.62 bits per heavy atom. The second kappa shape index (κ2) is 13.8. The first-order chi connectivity index (χ1) is 20.1. The molecule has 3 aromatic rings. The molecule has 1 saturated heterocycles. The topological polar surface area (TPSA) is 195 Å². The van der Waals surface area contributed by atoms with Crippen molar-refractivity contribution in [3.05, 3.63) is 71.9 Å². The number of hydrogen-bond donors (Lipinski definition) is 6. The number of likely N-dealkylation sites (tertiary alicyclic amines) is 1. The molecular formula is C30H35N5O7. The molecule has 4 unspecified atom stereocenters. The van der Waals surface area contributed by atoms with Gasteiger partial charge >= 0.3 is 11.9 Å². The Balaban J connectivity index is 1.60. The number of rotatable bonds is 13. The van der Waals surface area contributed by atoms with Gasteiger partial charge in [0, 0.05) is 42.9 Å². The van der Waals surface area contributed by atoms with E-state index in [-0.39, 0.29) is 32.2 Å². The van der Waals surface area contributed by atoms with Crippen molar-refractivity contribution in [2.75, 3.05) is 6.54 Å². The summed E-state index contributed by atoms with van der Waals surface area (Å²) in [5.41, 5.74) is 8.26. The number of nitrogens with zero attached hydrogens (tertiary/aromatic N) is 1. The first-order valence-electron chi connectivity index (χ1n) is 13.8. The number of carboxylic acid groups (broad SMARTS) is 2. The van der Waals surface area contributed by atoms with E-state index in [1.807, 2.05) is 30.3 Å². The van der Waals surface area contributed by atoms with Gasteiger partial charge in [0.25, 0.3) is 0 Å². The van der Waals surface area contributed by atoms with Crippen LogP contribution >= 0.6 is 0 Å². The first kappa shape index (κ1) is 30.3. The minimum Gasteiger partial charge on any atom is -0.481 e. The Kier molecular flexibility index (Phi) is 9.92. The number of H-pyrrole nitrogens is 1. The van der Waals surface area contributed by atoms with Crippen LogP contribution in [0.1, 0.15) is 36.8 Å². The molecule has 12 heteroatoms. The number of amides is 3. The van der Waals surface area contributed by atoms with E-state index in [2.05, 4.69) is 15.6 Å². The summed E-state index contributed by atoms with van der Waals surface area (Å²) in [6, 6.07) is 12.1. The zero-order chi connectivity index (χ0) is 30.2. The highest BCUT2D eigenvalue weighted by molar-refractivity contribution is 5.95. The Labute approximate surface area is 242 Å². The van der Waals surface area contributed by atoms with E-state index in [0.29, 0.717) is 12.8 Å². The monoisotopic (exact) mass is 577 g/mol. The van der Waals surface area contributed by atoms with Crippen LogP contribution in [-0.4, -0.2) is 80.5 Å². The van der Waals surface area contributed by atoms with E-state index >= 15 is 0 Å². The number of carbonyl (C=O) groups excluding carboxylic acids is 3. The molecule has 0 saturated carbocycles. The maximum Gasteiger partial charge on any atom is 0.326 e. The number of carboxylic acids is 2. The van der Waals surface area contributed by atoms with Crippen LogP contribution < -0.4 is 16.4 Å². The van der Waals surface area contributed by atoms with E-state index in [4.69, 9.17) is 10.8 Å². The van der Waals surface area contributed by atoms with Gasteiger partial charge in [0.1, 0.15) is 18.1 Å². The molecule has 4 rings (SSSR count). The van der Waals surface area contributed by atoms with Crippen molar-refractivity contribution in [1.82, 2.24) is 20.5 Å². The molecule has 222 valence electrons. The second-order valence-electron chi connectivity index (χ2n) is 10.4. The van der Waals surface area contributed by atoms with Gasteiger partial charge in [-0.3, -0.25) is 19.2 Å². The lowest BCUT2D eigenvalue weighted by Crippen LogP contribution is -2.58. The van der Waals surface area contributed by atoms with Crippen LogP contribution in [-0.2, 0) is 36.8 Å². The number of benzene rings is 2. The van der Waals surface area contributed by atoms with Crippen molar-refractivity contribution < 1.29 is 34.2 Å². The summed E-state index contributed by atoms with van der Waals surface area (Å²) in [5, 5.41) is 24.9. The molecule has 3 amide bonds. The maximum atomic E-state index is 13.8.